The van der Waals surface area contributed by atoms with E-state index < -0.39 is 17.6 Å². The quantitative estimate of drug-likeness (QED) is 0.837. The smallest absolute Gasteiger partial charge is 0.329 e. The van der Waals surface area contributed by atoms with Crippen molar-refractivity contribution >= 4 is 0 Å². The summed E-state index contributed by atoms with van der Waals surface area (Å²) in [6, 6.07) is 0. The maximum absolute atomic E-state index is 13.0. The van der Waals surface area contributed by atoms with Gasteiger partial charge in [0, 0.05) is 18.6 Å². The van der Waals surface area contributed by atoms with Crippen molar-refractivity contribution in [2.45, 2.75) is 57.2 Å². The zero-order valence-corrected chi connectivity index (χ0v) is 11.7. The monoisotopic (exact) mass is 278 g/mol. The van der Waals surface area contributed by atoms with Gasteiger partial charge in [0.25, 0.3) is 0 Å². The van der Waals surface area contributed by atoms with Gasteiger partial charge >= 0.3 is 6.18 Å². The minimum atomic E-state index is -4.07. The second kappa shape index (κ2) is 5.60. The Labute approximate surface area is 113 Å². The SMILES string of the molecule is CCN(CC1CC1)C1(CN)CCCC(C(F)(F)F)C1. The molecule has 0 heterocycles. The predicted octanol–water partition coefficient (Wildman–Crippen LogP) is 3.17. The van der Waals surface area contributed by atoms with Crippen molar-refractivity contribution in [3.63, 3.8) is 0 Å². The summed E-state index contributed by atoms with van der Waals surface area (Å²) in [5.74, 6) is -0.479. The lowest BCUT2D eigenvalue weighted by molar-refractivity contribution is -0.193. The Morgan fingerprint density at radius 2 is 1.95 bits per heavy atom. The molecule has 112 valence electrons. The van der Waals surface area contributed by atoms with Gasteiger partial charge < -0.3 is 5.73 Å². The Morgan fingerprint density at radius 3 is 2.42 bits per heavy atom. The number of nitrogens with zero attached hydrogens (tertiary/aromatic N) is 1. The van der Waals surface area contributed by atoms with E-state index in [4.69, 9.17) is 5.73 Å². The van der Waals surface area contributed by atoms with Crippen molar-refractivity contribution in [3.8, 4) is 0 Å². The molecule has 0 aromatic rings. The van der Waals surface area contributed by atoms with Crippen LogP contribution in [0.1, 0.15) is 45.4 Å². The molecule has 0 aromatic heterocycles. The van der Waals surface area contributed by atoms with Crippen LogP contribution in [-0.2, 0) is 0 Å². The van der Waals surface area contributed by atoms with Gasteiger partial charge in [-0.1, -0.05) is 13.3 Å². The normalized spacial score (nSPS) is 32.8. The van der Waals surface area contributed by atoms with Crippen molar-refractivity contribution in [3.05, 3.63) is 0 Å². The molecule has 0 amide bonds. The average molecular weight is 278 g/mol. The van der Waals surface area contributed by atoms with Gasteiger partial charge in [-0.05, 0) is 44.6 Å². The summed E-state index contributed by atoms with van der Waals surface area (Å²) in [4.78, 5) is 2.24. The van der Waals surface area contributed by atoms with Crippen LogP contribution in [0.25, 0.3) is 0 Å². The third-order valence-electron chi connectivity index (χ3n) is 4.89. The molecule has 2 N–H and O–H groups in total. The number of hydrogen-bond donors (Lipinski definition) is 1. The molecule has 0 saturated heterocycles. The zero-order valence-electron chi connectivity index (χ0n) is 11.7. The van der Waals surface area contributed by atoms with Crippen LogP contribution in [-0.4, -0.2) is 36.2 Å². The highest BCUT2D eigenvalue weighted by atomic mass is 19.4. The topological polar surface area (TPSA) is 29.3 Å². The molecule has 2 fully saturated rings. The van der Waals surface area contributed by atoms with Crippen LogP contribution in [0.15, 0.2) is 0 Å². The Morgan fingerprint density at radius 1 is 1.26 bits per heavy atom. The largest absolute Gasteiger partial charge is 0.391 e. The van der Waals surface area contributed by atoms with E-state index in [1.807, 2.05) is 6.92 Å². The van der Waals surface area contributed by atoms with Gasteiger partial charge in [0.15, 0.2) is 0 Å². The molecule has 2 atom stereocenters. The summed E-state index contributed by atoms with van der Waals surface area (Å²) < 4.78 is 39.0. The Balaban J connectivity index is 2.10. The summed E-state index contributed by atoms with van der Waals surface area (Å²) in [5.41, 5.74) is 5.49. The van der Waals surface area contributed by atoms with Crippen LogP contribution in [0.2, 0.25) is 0 Å². The molecule has 2 rings (SSSR count). The molecule has 0 aliphatic heterocycles. The van der Waals surface area contributed by atoms with E-state index in [1.165, 1.54) is 12.8 Å². The van der Waals surface area contributed by atoms with Gasteiger partial charge in [0.1, 0.15) is 0 Å². The number of halogens is 3. The number of alkyl halides is 3. The van der Waals surface area contributed by atoms with E-state index in [0.29, 0.717) is 18.9 Å². The molecule has 2 saturated carbocycles. The maximum atomic E-state index is 13.0. The summed E-state index contributed by atoms with van der Waals surface area (Å²) in [5, 5.41) is 0. The van der Waals surface area contributed by atoms with Gasteiger partial charge in [-0.25, -0.2) is 0 Å². The molecule has 2 unspecified atom stereocenters. The summed E-state index contributed by atoms with van der Waals surface area (Å²) in [6.45, 7) is 4.12. The van der Waals surface area contributed by atoms with Crippen molar-refractivity contribution in [2.75, 3.05) is 19.6 Å². The van der Waals surface area contributed by atoms with Gasteiger partial charge in [-0.3, -0.25) is 4.90 Å². The van der Waals surface area contributed by atoms with E-state index >= 15 is 0 Å². The minimum Gasteiger partial charge on any atom is -0.329 e. The Kier molecular flexibility index (Phi) is 4.45. The molecule has 2 aliphatic rings. The van der Waals surface area contributed by atoms with Gasteiger partial charge in [0.05, 0.1) is 5.92 Å². The molecular formula is C14H25F3N2. The first-order valence-corrected chi connectivity index (χ1v) is 7.43. The van der Waals surface area contributed by atoms with Crippen molar-refractivity contribution < 1.29 is 13.2 Å². The van der Waals surface area contributed by atoms with Gasteiger partial charge in [-0.2, -0.15) is 13.2 Å². The lowest BCUT2D eigenvalue weighted by atomic mass is 9.74. The number of hydrogen-bond acceptors (Lipinski definition) is 2. The zero-order chi connectivity index (χ0) is 14.1. The highest BCUT2D eigenvalue weighted by Gasteiger charge is 2.49. The fourth-order valence-corrected chi connectivity index (χ4v) is 3.49. The van der Waals surface area contributed by atoms with E-state index in [2.05, 4.69) is 4.90 Å². The highest BCUT2D eigenvalue weighted by Crippen LogP contribution is 2.45. The van der Waals surface area contributed by atoms with Crippen LogP contribution in [0, 0.1) is 11.8 Å². The van der Waals surface area contributed by atoms with Crippen LogP contribution in [0.4, 0.5) is 13.2 Å². The molecular weight excluding hydrogens is 253 g/mol. The maximum Gasteiger partial charge on any atom is 0.391 e. The van der Waals surface area contributed by atoms with Gasteiger partial charge in [-0.15, -0.1) is 0 Å². The second-order valence-corrected chi connectivity index (χ2v) is 6.25. The van der Waals surface area contributed by atoms with Crippen LogP contribution >= 0.6 is 0 Å². The highest BCUT2D eigenvalue weighted by molar-refractivity contribution is 4.99. The molecule has 5 heteroatoms. The van der Waals surface area contributed by atoms with E-state index in [1.54, 1.807) is 0 Å². The molecule has 0 bridgehead atoms. The Hall–Kier alpha value is -0.290. The summed E-state index contributed by atoms with van der Waals surface area (Å²) in [7, 11) is 0. The van der Waals surface area contributed by atoms with Crippen molar-refractivity contribution in [1.82, 2.24) is 4.90 Å². The van der Waals surface area contributed by atoms with Crippen LogP contribution in [0.5, 0.6) is 0 Å². The summed E-state index contributed by atoms with van der Waals surface area (Å²) >= 11 is 0. The third kappa shape index (κ3) is 3.43. The van der Waals surface area contributed by atoms with Gasteiger partial charge in [0.2, 0.25) is 0 Å². The standard InChI is InChI=1S/C14H25F3N2/c1-2-19(9-11-5-6-11)13(10-18)7-3-4-12(8-13)14(15,16)17/h11-12H,2-10,18H2,1H3. The molecule has 2 nitrogen and oxygen atoms in total. The first-order valence-electron chi connectivity index (χ1n) is 7.43. The lowest BCUT2D eigenvalue weighted by Crippen LogP contribution is -2.58. The summed E-state index contributed by atoms with van der Waals surface area (Å²) in [6.07, 6.45) is 0.290. The van der Waals surface area contributed by atoms with E-state index in [0.717, 1.165) is 19.5 Å². The van der Waals surface area contributed by atoms with Crippen LogP contribution < -0.4 is 5.73 Å². The molecule has 0 spiro atoms. The molecule has 0 aromatic carbocycles. The molecule has 0 radical (unpaired) electrons. The molecule has 2 aliphatic carbocycles. The average Bonchev–Trinajstić information content (AvgIpc) is 3.19. The molecule has 19 heavy (non-hydrogen) atoms. The van der Waals surface area contributed by atoms with Crippen LogP contribution in [0.3, 0.4) is 0 Å². The minimum absolute atomic E-state index is 0.188. The predicted molar refractivity (Wildman–Crippen MR) is 69.8 cm³/mol. The number of rotatable bonds is 5. The third-order valence-corrected chi connectivity index (χ3v) is 4.89. The number of likely N-dealkylation sites (N-methyl/N-ethyl adjacent to an activating group) is 1. The van der Waals surface area contributed by atoms with E-state index in [-0.39, 0.29) is 12.8 Å². The first-order chi connectivity index (χ1) is 8.91. The second-order valence-electron chi connectivity index (χ2n) is 6.25. The fraction of sp³-hybridized carbons (Fsp3) is 1.00. The lowest BCUT2D eigenvalue weighted by Gasteiger charge is -2.48. The van der Waals surface area contributed by atoms with E-state index in [9.17, 15) is 13.2 Å². The number of nitrogens with two attached hydrogens (primary N) is 1. The first kappa shape index (κ1) is 15.1. The van der Waals surface area contributed by atoms with Crippen molar-refractivity contribution in [1.29, 1.82) is 0 Å². The Bertz CT molecular complexity index is 302. The fourth-order valence-electron chi connectivity index (χ4n) is 3.49. The van der Waals surface area contributed by atoms with Crippen molar-refractivity contribution in [2.24, 2.45) is 17.6 Å².